The number of carbonyl (C=O) groups is 2. The van der Waals surface area contributed by atoms with Crippen LogP contribution in [0, 0.1) is 5.82 Å². The third-order valence-corrected chi connectivity index (χ3v) is 6.81. The predicted molar refractivity (Wildman–Crippen MR) is 111 cm³/mol. The second-order valence-corrected chi connectivity index (χ2v) is 8.71. The summed E-state index contributed by atoms with van der Waals surface area (Å²) in [5, 5.41) is 2.57. The second kappa shape index (κ2) is 9.96. The van der Waals surface area contributed by atoms with Crippen LogP contribution >= 0.6 is 0 Å². The van der Waals surface area contributed by atoms with E-state index in [0.29, 0.717) is 11.5 Å². The largest absolute Gasteiger partial charge is 0.454 e. The van der Waals surface area contributed by atoms with Crippen LogP contribution in [-0.4, -0.2) is 51.1 Å². The fraction of sp³-hybridized carbons (Fsp3) is 0.333. The van der Waals surface area contributed by atoms with Crippen LogP contribution in [0.2, 0.25) is 0 Å². The van der Waals surface area contributed by atoms with E-state index < -0.39 is 39.9 Å². The summed E-state index contributed by atoms with van der Waals surface area (Å²) in [5.74, 6) is -1.52. The van der Waals surface area contributed by atoms with E-state index in [-0.39, 0.29) is 31.3 Å². The highest BCUT2D eigenvalue weighted by Crippen LogP contribution is 2.32. The first kappa shape index (κ1) is 23.5. The smallest absolute Gasteiger partial charge is 0.341 e. The topological polar surface area (TPSA) is 111 Å². The Hall–Kier alpha value is -3.18. The van der Waals surface area contributed by atoms with Crippen molar-refractivity contribution in [3.05, 3.63) is 53.3 Å². The van der Waals surface area contributed by atoms with E-state index in [9.17, 15) is 22.4 Å². The number of carbonyl (C=O) groups excluding carboxylic acids is 2. The first-order valence-electron chi connectivity index (χ1n) is 9.88. The van der Waals surface area contributed by atoms with E-state index in [0.717, 1.165) is 23.8 Å². The van der Waals surface area contributed by atoms with Gasteiger partial charge in [-0.2, -0.15) is 4.31 Å². The molecule has 0 spiro atoms. The van der Waals surface area contributed by atoms with Crippen molar-refractivity contribution >= 4 is 21.9 Å². The van der Waals surface area contributed by atoms with E-state index >= 15 is 0 Å². The predicted octanol–water partition coefficient (Wildman–Crippen LogP) is 2.06. The molecule has 0 aliphatic carbocycles. The van der Waals surface area contributed by atoms with Crippen LogP contribution in [-0.2, 0) is 26.1 Å². The highest BCUT2D eigenvalue weighted by Gasteiger charge is 2.25. The maximum atomic E-state index is 14.1. The molecule has 0 atom stereocenters. The van der Waals surface area contributed by atoms with Gasteiger partial charge < -0.3 is 19.5 Å². The van der Waals surface area contributed by atoms with Gasteiger partial charge >= 0.3 is 5.97 Å². The van der Waals surface area contributed by atoms with Gasteiger partial charge in [-0.25, -0.2) is 17.6 Å². The number of ether oxygens (including phenoxy) is 3. The average molecular weight is 466 g/mol. The zero-order chi connectivity index (χ0) is 23.3. The number of halogens is 1. The van der Waals surface area contributed by atoms with Crippen molar-refractivity contribution in [1.82, 2.24) is 9.62 Å². The van der Waals surface area contributed by atoms with Gasteiger partial charge in [0.25, 0.3) is 5.91 Å². The lowest BCUT2D eigenvalue weighted by Crippen LogP contribution is -2.31. The number of nitrogens with zero attached hydrogens (tertiary/aromatic N) is 1. The summed E-state index contributed by atoms with van der Waals surface area (Å²) >= 11 is 0. The minimum Gasteiger partial charge on any atom is -0.454 e. The lowest BCUT2D eigenvalue weighted by atomic mass is 10.2. The van der Waals surface area contributed by atoms with Crippen LogP contribution in [0.1, 0.15) is 29.8 Å². The summed E-state index contributed by atoms with van der Waals surface area (Å²) in [4.78, 5) is 24.1. The van der Waals surface area contributed by atoms with Crippen LogP contribution in [0.25, 0.3) is 0 Å². The highest BCUT2D eigenvalue weighted by molar-refractivity contribution is 7.89. The Balaban J connectivity index is 1.60. The molecule has 9 nitrogen and oxygen atoms in total. The molecule has 1 aliphatic rings. The molecule has 1 amide bonds. The minimum atomic E-state index is -3.89. The first-order chi connectivity index (χ1) is 15.3. The van der Waals surface area contributed by atoms with Crippen LogP contribution in [0.15, 0.2) is 41.3 Å². The van der Waals surface area contributed by atoms with Gasteiger partial charge in [0.15, 0.2) is 18.1 Å². The zero-order valence-electron chi connectivity index (χ0n) is 17.6. The summed E-state index contributed by atoms with van der Waals surface area (Å²) in [6, 6.07) is 8.05. The third-order valence-electron chi connectivity index (χ3n) is 4.76. The first-order valence-corrected chi connectivity index (χ1v) is 11.3. The van der Waals surface area contributed by atoms with Crippen molar-refractivity contribution in [1.29, 1.82) is 0 Å². The van der Waals surface area contributed by atoms with Crippen molar-refractivity contribution in [2.24, 2.45) is 0 Å². The molecule has 0 fully saturated rings. The maximum Gasteiger partial charge on any atom is 0.341 e. The molecule has 32 heavy (non-hydrogen) atoms. The van der Waals surface area contributed by atoms with Gasteiger partial charge in [0, 0.05) is 19.6 Å². The fourth-order valence-electron chi connectivity index (χ4n) is 3.05. The normalized spacial score (nSPS) is 12.6. The number of nitrogens with one attached hydrogen (secondary N) is 1. The number of fused-ring (bicyclic) bond motifs is 1. The molecular weight excluding hydrogens is 443 g/mol. The van der Waals surface area contributed by atoms with Gasteiger partial charge in [0.05, 0.1) is 10.5 Å². The average Bonchev–Trinajstić information content (AvgIpc) is 3.24. The van der Waals surface area contributed by atoms with Crippen LogP contribution in [0.3, 0.4) is 0 Å². The molecule has 172 valence electrons. The van der Waals surface area contributed by atoms with Gasteiger partial charge in [-0.15, -0.1) is 0 Å². The molecule has 2 aromatic carbocycles. The monoisotopic (exact) mass is 466 g/mol. The zero-order valence-corrected chi connectivity index (χ0v) is 18.4. The number of hydrogen-bond donors (Lipinski definition) is 1. The fourth-order valence-corrected chi connectivity index (χ4v) is 4.53. The van der Waals surface area contributed by atoms with Gasteiger partial charge in [0.1, 0.15) is 5.82 Å². The Labute approximate surface area is 185 Å². The summed E-state index contributed by atoms with van der Waals surface area (Å²) in [6.45, 7) is 3.41. The van der Waals surface area contributed by atoms with E-state index in [1.807, 2.05) is 0 Å². The molecule has 1 aliphatic heterocycles. The molecule has 0 saturated carbocycles. The van der Waals surface area contributed by atoms with Crippen LogP contribution in [0.5, 0.6) is 11.5 Å². The van der Waals surface area contributed by atoms with Gasteiger partial charge in [-0.1, -0.05) is 19.9 Å². The van der Waals surface area contributed by atoms with Gasteiger partial charge in [-0.05, 0) is 35.9 Å². The summed E-state index contributed by atoms with van der Waals surface area (Å²) in [5.41, 5.74) is 0.177. The standard InChI is InChI=1S/C21H23FN2O7S/c1-3-24(4-2)32(27,28)15-6-7-17(22)16(10-15)21(26)29-12-20(25)23-11-14-5-8-18-19(9-14)31-13-30-18/h5-10H,3-4,11-13H2,1-2H3,(H,23,25). The van der Waals surface area contributed by atoms with Crippen LogP contribution < -0.4 is 14.8 Å². The third kappa shape index (κ3) is 5.17. The molecule has 0 bridgehead atoms. The van der Waals surface area contributed by atoms with E-state index in [2.05, 4.69) is 5.32 Å². The Morgan fingerprint density at radius 3 is 2.53 bits per heavy atom. The second-order valence-electron chi connectivity index (χ2n) is 6.77. The van der Waals surface area contributed by atoms with Crippen molar-refractivity contribution < 1.29 is 36.6 Å². The van der Waals surface area contributed by atoms with Crippen molar-refractivity contribution in [2.75, 3.05) is 26.5 Å². The van der Waals surface area contributed by atoms with E-state index in [1.165, 1.54) is 4.31 Å². The molecule has 1 heterocycles. The quantitative estimate of drug-likeness (QED) is 0.563. The molecule has 0 aromatic heterocycles. The molecule has 1 N–H and O–H groups in total. The lowest BCUT2D eigenvalue weighted by Gasteiger charge is -2.18. The number of hydrogen-bond acceptors (Lipinski definition) is 7. The van der Waals surface area contributed by atoms with E-state index in [4.69, 9.17) is 14.2 Å². The number of esters is 1. The van der Waals surface area contributed by atoms with Crippen LogP contribution in [0.4, 0.5) is 4.39 Å². The summed E-state index contributed by atoms with van der Waals surface area (Å²) in [6.07, 6.45) is 0. The number of sulfonamides is 1. The molecule has 0 saturated heterocycles. The Morgan fingerprint density at radius 2 is 1.81 bits per heavy atom. The highest BCUT2D eigenvalue weighted by atomic mass is 32.2. The van der Waals surface area contributed by atoms with Gasteiger partial charge in [0.2, 0.25) is 16.8 Å². The minimum absolute atomic E-state index is 0.134. The van der Waals surface area contributed by atoms with Crippen molar-refractivity contribution in [3.63, 3.8) is 0 Å². The Morgan fingerprint density at radius 1 is 1.09 bits per heavy atom. The maximum absolute atomic E-state index is 14.1. The SMILES string of the molecule is CCN(CC)S(=O)(=O)c1ccc(F)c(C(=O)OCC(=O)NCc2ccc3c(c2)OCO3)c1. The molecule has 3 rings (SSSR count). The lowest BCUT2D eigenvalue weighted by molar-refractivity contribution is -0.124. The van der Waals surface area contributed by atoms with Crippen molar-refractivity contribution in [3.8, 4) is 11.5 Å². The Bertz CT molecular complexity index is 1120. The number of rotatable bonds is 9. The molecule has 0 radical (unpaired) electrons. The number of benzene rings is 2. The summed E-state index contributed by atoms with van der Waals surface area (Å²) in [7, 11) is -3.89. The molecule has 0 unspecified atom stereocenters. The molecular formula is C21H23FN2O7S. The van der Waals surface area contributed by atoms with Gasteiger partial charge in [-0.3, -0.25) is 4.79 Å². The molecule has 11 heteroatoms. The Kier molecular flexibility index (Phi) is 7.31. The number of amides is 1. The van der Waals surface area contributed by atoms with Crippen molar-refractivity contribution in [2.45, 2.75) is 25.3 Å². The van der Waals surface area contributed by atoms with E-state index in [1.54, 1.807) is 32.0 Å². The molecule has 2 aromatic rings. The summed E-state index contributed by atoms with van der Waals surface area (Å²) < 4.78 is 55.9.